The minimum Gasteiger partial charge on any atom is -0.468 e. The summed E-state index contributed by atoms with van der Waals surface area (Å²) in [5.41, 5.74) is 0.811. The minimum absolute atomic E-state index is 0.0873. The van der Waals surface area contributed by atoms with E-state index in [4.69, 9.17) is 4.42 Å². The number of benzene rings is 2. The molecule has 0 fully saturated rings. The highest BCUT2D eigenvalue weighted by Gasteiger charge is 2.32. The number of halogens is 1. The molecule has 3 aromatic rings. The zero-order chi connectivity index (χ0) is 21.6. The lowest BCUT2D eigenvalue weighted by Crippen LogP contribution is -2.42. The molecule has 2 aromatic carbocycles. The van der Waals surface area contributed by atoms with E-state index < -0.39 is 39.3 Å². The van der Waals surface area contributed by atoms with E-state index in [2.05, 4.69) is 10.6 Å². The first-order chi connectivity index (χ1) is 14.4. The third-order valence-corrected chi connectivity index (χ3v) is 6.40. The Morgan fingerprint density at radius 1 is 0.900 bits per heavy atom. The number of carbonyl (C=O) groups is 2. The Balaban J connectivity index is 1.69. The number of hydrogen-bond acceptors (Lipinski definition) is 5. The Labute approximate surface area is 172 Å². The molecule has 0 saturated heterocycles. The van der Waals surface area contributed by atoms with Crippen LogP contribution in [0.4, 0.5) is 4.39 Å². The maximum Gasteiger partial charge on any atom is 0.309 e. The molecule has 7 nitrogen and oxygen atoms in total. The molecule has 0 bridgehead atoms. The summed E-state index contributed by atoms with van der Waals surface area (Å²) in [6.45, 7) is -0.243. The number of amides is 2. The van der Waals surface area contributed by atoms with Crippen LogP contribution < -0.4 is 10.6 Å². The van der Waals surface area contributed by atoms with Crippen LogP contribution >= 0.6 is 0 Å². The van der Waals surface area contributed by atoms with Gasteiger partial charge in [0.15, 0.2) is 9.84 Å². The fourth-order valence-electron chi connectivity index (χ4n) is 2.75. The largest absolute Gasteiger partial charge is 0.468 e. The zero-order valence-corrected chi connectivity index (χ0v) is 16.6. The summed E-state index contributed by atoms with van der Waals surface area (Å²) in [5, 5.41) is 3.51. The van der Waals surface area contributed by atoms with Gasteiger partial charge >= 0.3 is 11.8 Å². The summed E-state index contributed by atoms with van der Waals surface area (Å²) in [5.74, 6) is -2.36. The third-order valence-electron chi connectivity index (χ3n) is 4.33. The van der Waals surface area contributed by atoms with Crippen molar-refractivity contribution < 1.29 is 26.8 Å². The average molecular weight is 430 g/mol. The fourth-order valence-corrected chi connectivity index (χ4v) is 4.34. The lowest BCUT2D eigenvalue weighted by Gasteiger charge is -2.16. The van der Waals surface area contributed by atoms with Crippen molar-refractivity contribution in [3.63, 3.8) is 0 Å². The van der Waals surface area contributed by atoms with Gasteiger partial charge in [-0.05, 0) is 42.0 Å². The van der Waals surface area contributed by atoms with Gasteiger partial charge in [0.1, 0.15) is 16.8 Å². The molecule has 2 amide bonds. The topological polar surface area (TPSA) is 105 Å². The molecule has 1 atom stereocenters. The van der Waals surface area contributed by atoms with Crippen LogP contribution in [0.25, 0.3) is 0 Å². The van der Waals surface area contributed by atoms with Gasteiger partial charge in [-0.3, -0.25) is 9.59 Å². The van der Waals surface area contributed by atoms with Crippen molar-refractivity contribution in [1.29, 1.82) is 0 Å². The number of sulfone groups is 1. The second-order valence-corrected chi connectivity index (χ2v) is 8.51. The van der Waals surface area contributed by atoms with E-state index in [1.54, 1.807) is 24.3 Å². The molecule has 0 aliphatic heterocycles. The predicted octanol–water partition coefficient (Wildman–Crippen LogP) is 2.37. The molecule has 0 aliphatic rings. The van der Waals surface area contributed by atoms with Crippen molar-refractivity contribution in [1.82, 2.24) is 10.6 Å². The molecule has 3 rings (SSSR count). The quantitative estimate of drug-likeness (QED) is 0.442. The third kappa shape index (κ3) is 5.12. The summed E-state index contributed by atoms with van der Waals surface area (Å²) in [6.07, 6.45) is 1.30. The minimum atomic E-state index is -4.02. The van der Waals surface area contributed by atoms with Gasteiger partial charge in [0.25, 0.3) is 0 Å². The van der Waals surface area contributed by atoms with Gasteiger partial charge < -0.3 is 15.1 Å². The molecule has 156 valence electrons. The standard InChI is InChI=1S/C21H19FN2O5S/c22-16-8-10-17(11-9-16)30(27,28)19(18-7-4-12-29-18)14-24-21(26)20(25)23-13-15-5-2-1-3-6-15/h1-12,19H,13-14H2,(H,23,25)(H,24,26). The number of nitrogens with one attached hydrogen (secondary N) is 2. The first kappa shape index (κ1) is 21.3. The van der Waals surface area contributed by atoms with Gasteiger partial charge in [-0.1, -0.05) is 30.3 Å². The summed E-state index contributed by atoms with van der Waals surface area (Å²) >= 11 is 0. The molecule has 0 radical (unpaired) electrons. The molecule has 1 unspecified atom stereocenters. The van der Waals surface area contributed by atoms with Gasteiger partial charge in [0.05, 0.1) is 11.2 Å². The highest BCUT2D eigenvalue weighted by atomic mass is 32.2. The second-order valence-electron chi connectivity index (χ2n) is 6.38. The summed E-state index contributed by atoms with van der Waals surface area (Å²) in [7, 11) is -4.02. The maximum absolute atomic E-state index is 13.2. The van der Waals surface area contributed by atoms with E-state index in [-0.39, 0.29) is 17.2 Å². The lowest BCUT2D eigenvalue weighted by atomic mass is 10.2. The van der Waals surface area contributed by atoms with Crippen molar-refractivity contribution in [2.75, 3.05) is 6.54 Å². The molecule has 9 heteroatoms. The number of hydrogen-bond donors (Lipinski definition) is 2. The second kappa shape index (κ2) is 9.36. The van der Waals surface area contributed by atoms with E-state index in [0.29, 0.717) is 0 Å². The monoisotopic (exact) mass is 430 g/mol. The van der Waals surface area contributed by atoms with Crippen LogP contribution in [0.3, 0.4) is 0 Å². The van der Waals surface area contributed by atoms with Gasteiger partial charge in [-0.25, -0.2) is 12.8 Å². The predicted molar refractivity (Wildman–Crippen MR) is 106 cm³/mol. The molecule has 2 N–H and O–H groups in total. The molecule has 30 heavy (non-hydrogen) atoms. The molecule has 0 aliphatic carbocycles. The Kier molecular flexibility index (Phi) is 6.63. The van der Waals surface area contributed by atoms with Crippen molar-refractivity contribution in [2.45, 2.75) is 16.7 Å². The molecule has 1 aromatic heterocycles. The SMILES string of the molecule is O=C(NCc1ccccc1)C(=O)NCC(c1ccco1)S(=O)(=O)c1ccc(F)cc1. The number of carbonyl (C=O) groups excluding carboxylic acids is 2. The van der Waals surface area contributed by atoms with Gasteiger partial charge in [-0.2, -0.15) is 0 Å². The van der Waals surface area contributed by atoms with Crippen LogP contribution in [0, 0.1) is 5.82 Å². The van der Waals surface area contributed by atoms with Crippen molar-refractivity contribution in [3.05, 3.63) is 90.1 Å². The van der Waals surface area contributed by atoms with E-state index in [1.807, 2.05) is 6.07 Å². The normalized spacial score (nSPS) is 12.2. The van der Waals surface area contributed by atoms with Crippen LogP contribution in [0.5, 0.6) is 0 Å². The van der Waals surface area contributed by atoms with Gasteiger partial charge in [-0.15, -0.1) is 0 Å². The fraction of sp³-hybridized carbons (Fsp3) is 0.143. The maximum atomic E-state index is 13.2. The van der Waals surface area contributed by atoms with Crippen molar-refractivity contribution in [2.24, 2.45) is 0 Å². The van der Waals surface area contributed by atoms with Crippen LogP contribution in [-0.2, 0) is 26.0 Å². The molecule has 0 spiro atoms. The number of rotatable bonds is 7. The van der Waals surface area contributed by atoms with E-state index in [0.717, 1.165) is 29.8 Å². The van der Waals surface area contributed by atoms with Crippen LogP contribution in [0.2, 0.25) is 0 Å². The molecular formula is C21H19FN2O5S. The van der Waals surface area contributed by atoms with E-state index in [1.165, 1.54) is 18.4 Å². The van der Waals surface area contributed by atoms with Crippen molar-refractivity contribution in [3.8, 4) is 0 Å². The van der Waals surface area contributed by atoms with E-state index in [9.17, 15) is 22.4 Å². The zero-order valence-electron chi connectivity index (χ0n) is 15.7. The Morgan fingerprint density at radius 2 is 1.57 bits per heavy atom. The first-order valence-electron chi connectivity index (χ1n) is 9.01. The van der Waals surface area contributed by atoms with Crippen LogP contribution in [0.1, 0.15) is 16.6 Å². The Bertz CT molecular complexity index is 1100. The summed E-state index contributed by atoms with van der Waals surface area (Å²) < 4.78 is 44.4. The Hall–Kier alpha value is -3.46. The Morgan fingerprint density at radius 3 is 2.20 bits per heavy atom. The summed E-state index contributed by atoms with van der Waals surface area (Å²) in [4.78, 5) is 24.1. The number of furan rings is 1. The first-order valence-corrected chi connectivity index (χ1v) is 10.6. The van der Waals surface area contributed by atoms with Gasteiger partial charge in [0.2, 0.25) is 0 Å². The molecule has 0 saturated carbocycles. The van der Waals surface area contributed by atoms with Gasteiger partial charge in [0, 0.05) is 13.1 Å². The van der Waals surface area contributed by atoms with Crippen molar-refractivity contribution >= 4 is 21.7 Å². The smallest absolute Gasteiger partial charge is 0.309 e. The molecule has 1 heterocycles. The summed E-state index contributed by atoms with van der Waals surface area (Å²) in [6, 6.07) is 16.3. The van der Waals surface area contributed by atoms with E-state index >= 15 is 0 Å². The van der Waals surface area contributed by atoms with Crippen LogP contribution in [0.15, 0.2) is 82.3 Å². The average Bonchev–Trinajstić information content (AvgIpc) is 3.27. The highest BCUT2D eigenvalue weighted by Crippen LogP contribution is 2.29. The highest BCUT2D eigenvalue weighted by molar-refractivity contribution is 7.91. The lowest BCUT2D eigenvalue weighted by molar-refractivity contribution is -0.139. The molecular weight excluding hydrogens is 411 g/mol. The van der Waals surface area contributed by atoms with Crippen LogP contribution in [-0.4, -0.2) is 26.8 Å².